The summed E-state index contributed by atoms with van der Waals surface area (Å²) in [4.78, 5) is 10.5. The fourth-order valence-corrected chi connectivity index (χ4v) is 1.50. The maximum Gasteiger partial charge on any atom is 0.302 e. The molecule has 1 rings (SSSR count). The van der Waals surface area contributed by atoms with Gasteiger partial charge in [0.2, 0.25) is 0 Å². The monoisotopic (exact) mass is 212 g/mol. The Morgan fingerprint density at radius 2 is 2.07 bits per heavy atom. The molecule has 0 aromatic rings. The molecule has 3 nitrogen and oxygen atoms in total. The Morgan fingerprint density at radius 1 is 1.47 bits per heavy atom. The van der Waals surface area contributed by atoms with Crippen LogP contribution in [0.4, 0.5) is 0 Å². The van der Waals surface area contributed by atoms with E-state index in [4.69, 9.17) is 9.47 Å². The zero-order valence-corrected chi connectivity index (χ0v) is 10.0. The highest BCUT2D eigenvalue weighted by molar-refractivity contribution is 5.66. The summed E-state index contributed by atoms with van der Waals surface area (Å²) >= 11 is 0. The molecule has 0 N–H and O–H groups in total. The summed E-state index contributed by atoms with van der Waals surface area (Å²) in [6.45, 7) is 8.07. The molecule has 1 aliphatic rings. The molecule has 0 aliphatic carbocycles. The van der Waals surface area contributed by atoms with E-state index in [1.54, 1.807) is 0 Å². The molecule has 1 heterocycles. The Morgan fingerprint density at radius 3 is 2.53 bits per heavy atom. The van der Waals surface area contributed by atoms with Gasteiger partial charge < -0.3 is 9.47 Å². The van der Waals surface area contributed by atoms with Crippen molar-refractivity contribution in [1.82, 2.24) is 0 Å². The number of ether oxygens (including phenoxy) is 2. The van der Waals surface area contributed by atoms with Crippen LogP contribution in [0.2, 0.25) is 0 Å². The van der Waals surface area contributed by atoms with Crippen LogP contribution >= 0.6 is 0 Å². The van der Waals surface area contributed by atoms with Crippen molar-refractivity contribution in [2.45, 2.75) is 52.2 Å². The van der Waals surface area contributed by atoms with E-state index in [1.807, 2.05) is 6.08 Å². The summed E-state index contributed by atoms with van der Waals surface area (Å²) < 4.78 is 10.3. The maximum absolute atomic E-state index is 10.5. The van der Waals surface area contributed by atoms with Crippen molar-refractivity contribution in [2.24, 2.45) is 0 Å². The average molecular weight is 212 g/mol. The second-order valence-electron chi connectivity index (χ2n) is 4.60. The molecule has 0 aromatic carbocycles. The molecule has 0 saturated carbocycles. The predicted molar refractivity (Wildman–Crippen MR) is 58.6 cm³/mol. The SMILES string of the molecule is CC(=O)OC/C=C(/C)CCC1OC1(C)C. The van der Waals surface area contributed by atoms with E-state index < -0.39 is 0 Å². The smallest absolute Gasteiger partial charge is 0.302 e. The number of rotatable bonds is 5. The Bertz CT molecular complexity index is 266. The number of hydrogen-bond acceptors (Lipinski definition) is 3. The third-order valence-electron chi connectivity index (χ3n) is 2.68. The highest BCUT2D eigenvalue weighted by Gasteiger charge is 2.46. The van der Waals surface area contributed by atoms with E-state index in [-0.39, 0.29) is 11.6 Å². The Kier molecular flexibility index (Phi) is 3.91. The predicted octanol–water partition coefficient (Wildman–Crippen LogP) is 2.45. The minimum absolute atomic E-state index is 0.0795. The van der Waals surface area contributed by atoms with E-state index in [0.29, 0.717) is 12.7 Å². The number of hydrogen-bond donors (Lipinski definition) is 0. The second-order valence-corrected chi connectivity index (χ2v) is 4.60. The molecule has 1 unspecified atom stereocenters. The standard InChI is InChI=1S/C12H20O3/c1-9(7-8-14-10(2)13)5-6-11-12(3,4)15-11/h7,11H,5-6,8H2,1-4H3/b9-7-. The van der Waals surface area contributed by atoms with Gasteiger partial charge in [0.25, 0.3) is 0 Å². The lowest BCUT2D eigenvalue weighted by Gasteiger charge is -2.01. The normalized spacial score (nSPS) is 23.7. The van der Waals surface area contributed by atoms with Crippen LogP contribution in [-0.4, -0.2) is 24.3 Å². The highest BCUT2D eigenvalue weighted by atomic mass is 16.6. The van der Waals surface area contributed by atoms with Crippen molar-refractivity contribution in [3.05, 3.63) is 11.6 Å². The van der Waals surface area contributed by atoms with Gasteiger partial charge in [-0.05, 0) is 39.7 Å². The lowest BCUT2D eigenvalue weighted by atomic mass is 10.0. The number of carbonyl (C=O) groups is 1. The Balaban J connectivity index is 2.13. The van der Waals surface area contributed by atoms with Crippen LogP contribution in [0, 0.1) is 0 Å². The molecule has 0 radical (unpaired) electrons. The van der Waals surface area contributed by atoms with Crippen molar-refractivity contribution in [3.8, 4) is 0 Å². The Hall–Kier alpha value is -0.830. The van der Waals surface area contributed by atoms with Gasteiger partial charge in [-0.2, -0.15) is 0 Å². The van der Waals surface area contributed by atoms with Crippen molar-refractivity contribution < 1.29 is 14.3 Å². The topological polar surface area (TPSA) is 38.8 Å². The summed E-state index contributed by atoms with van der Waals surface area (Å²) in [5.74, 6) is -0.231. The summed E-state index contributed by atoms with van der Waals surface area (Å²) in [7, 11) is 0. The van der Waals surface area contributed by atoms with E-state index in [9.17, 15) is 4.79 Å². The minimum atomic E-state index is -0.231. The van der Waals surface area contributed by atoms with Gasteiger partial charge in [0, 0.05) is 6.92 Å². The summed E-state index contributed by atoms with van der Waals surface area (Å²) in [5, 5.41) is 0. The molecule has 15 heavy (non-hydrogen) atoms. The number of epoxide rings is 1. The van der Waals surface area contributed by atoms with Gasteiger partial charge in [0.15, 0.2) is 0 Å². The molecule has 86 valence electrons. The molecule has 0 aromatic heterocycles. The van der Waals surface area contributed by atoms with Crippen molar-refractivity contribution in [2.75, 3.05) is 6.61 Å². The molecule has 0 spiro atoms. The van der Waals surface area contributed by atoms with E-state index in [2.05, 4.69) is 20.8 Å². The van der Waals surface area contributed by atoms with Gasteiger partial charge >= 0.3 is 5.97 Å². The molecule has 1 saturated heterocycles. The number of carbonyl (C=O) groups excluding carboxylic acids is 1. The lowest BCUT2D eigenvalue weighted by molar-refractivity contribution is -0.139. The first kappa shape index (κ1) is 12.2. The highest BCUT2D eigenvalue weighted by Crippen LogP contribution is 2.38. The second kappa shape index (κ2) is 4.79. The van der Waals surface area contributed by atoms with Gasteiger partial charge in [-0.15, -0.1) is 0 Å². The fourth-order valence-electron chi connectivity index (χ4n) is 1.50. The largest absolute Gasteiger partial charge is 0.462 e. The average Bonchev–Trinajstić information content (AvgIpc) is 2.70. The number of allylic oxidation sites excluding steroid dienone is 1. The molecule has 0 bridgehead atoms. The van der Waals surface area contributed by atoms with E-state index >= 15 is 0 Å². The van der Waals surface area contributed by atoms with Crippen LogP contribution in [0.3, 0.4) is 0 Å². The van der Waals surface area contributed by atoms with Gasteiger partial charge in [-0.3, -0.25) is 4.79 Å². The molecule has 1 atom stereocenters. The number of esters is 1. The molecule has 3 heteroatoms. The third-order valence-corrected chi connectivity index (χ3v) is 2.68. The Labute approximate surface area is 91.4 Å². The van der Waals surface area contributed by atoms with Crippen molar-refractivity contribution >= 4 is 5.97 Å². The zero-order valence-electron chi connectivity index (χ0n) is 10.0. The van der Waals surface area contributed by atoms with Gasteiger partial charge in [0.1, 0.15) is 6.61 Å². The molecular weight excluding hydrogens is 192 g/mol. The van der Waals surface area contributed by atoms with E-state index in [1.165, 1.54) is 12.5 Å². The van der Waals surface area contributed by atoms with Crippen LogP contribution in [-0.2, 0) is 14.3 Å². The van der Waals surface area contributed by atoms with Crippen LogP contribution in [0.5, 0.6) is 0 Å². The lowest BCUT2D eigenvalue weighted by Crippen LogP contribution is -2.03. The van der Waals surface area contributed by atoms with E-state index in [0.717, 1.165) is 12.8 Å². The van der Waals surface area contributed by atoms with Crippen LogP contribution < -0.4 is 0 Å². The maximum atomic E-state index is 10.5. The summed E-state index contributed by atoms with van der Waals surface area (Å²) in [5.41, 5.74) is 1.33. The minimum Gasteiger partial charge on any atom is -0.462 e. The zero-order chi connectivity index (χ0) is 11.5. The van der Waals surface area contributed by atoms with Crippen molar-refractivity contribution in [3.63, 3.8) is 0 Å². The third kappa shape index (κ3) is 4.47. The van der Waals surface area contributed by atoms with Gasteiger partial charge in [-0.1, -0.05) is 5.57 Å². The van der Waals surface area contributed by atoms with Gasteiger partial charge in [-0.25, -0.2) is 0 Å². The molecule has 1 fully saturated rings. The first-order valence-electron chi connectivity index (χ1n) is 5.38. The fraction of sp³-hybridized carbons (Fsp3) is 0.750. The van der Waals surface area contributed by atoms with Gasteiger partial charge in [0.05, 0.1) is 11.7 Å². The van der Waals surface area contributed by atoms with Crippen molar-refractivity contribution in [1.29, 1.82) is 0 Å². The van der Waals surface area contributed by atoms with Crippen LogP contribution in [0.25, 0.3) is 0 Å². The quantitative estimate of drug-likeness (QED) is 0.399. The van der Waals surface area contributed by atoms with Crippen LogP contribution in [0.1, 0.15) is 40.5 Å². The van der Waals surface area contributed by atoms with Crippen LogP contribution in [0.15, 0.2) is 11.6 Å². The molecule has 1 aliphatic heterocycles. The summed E-state index contributed by atoms with van der Waals surface area (Å²) in [6.07, 6.45) is 4.41. The molecule has 0 amide bonds. The molecular formula is C12H20O3. The first-order valence-corrected chi connectivity index (χ1v) is 5.38. The first-order chi connectivity index (χ1) is 6.92. The summed E-state index contributed by atoms with van der Waals surface area (Å²) in [6, 6.07) is 0.